The summed E-state index contributed by atoms with van der Waals surface area (Å²) in [6, 6.07) is 2.45. The Morgan fingerprint density at radius 3 is 2.81 bits per heavy atom. The number of nitrogens with zero attached hydrogens (tertiary/aromatic N) is 5. The van der Waals surface area contributed by atoms with E-state index in [-0.39, 0.29) is 28.8 Å². The molecule has 1 aliphatic heterocycles. The Morgan fingerprint density at radius 2 is 2.16 bits per heavy atom. The lowest BCUT2D eigenvalue weighted by molar-refractivity contribution is -0.402. The Hall–Kier alpha value is -3.86. The highest BCUT2D eigenvalue weighted by atomic mass is 16.6. The van der Waals surface area contributed by atoms with Crippen LogP contribution in [-0.4, -0.2) is 70.9 Å². The normalized spacial score (nSPS) is 23.7. The summed E-state index contributed by atoms with van der Waals surface area (Å²) < 4.78 is 11.6. The molecular formula is C15H16N8O8. The van der Waals surface area contributed by atoms with Crippen LogP contribution in [0.1, 0.15) is 12.0 Å². The molecule has 1 fully saturated rings. The monoisotopic (exact) mass is 436 g/mol. The molecule has 31 heavy (non-hydrogen) atoms. The van der Waals surface area contributed by atoms with Gasteiger partial charge in [0.05, 0.1) is 18.9 Å². The average Bonchev–Trinajstić information content (AvgIpc) is 3.40. The molecule has 3 aromatic rings. The second-order valence-corrected chi connectivity index (χ2v) is 6.46. The largest absolute Gasteiger partial charge is 0.433 e. The number of ether oxygens (including phenoxy) is 1. The van der Waals surface area contributed by atoms with Crippen molar-refractivity contribution in [3.63, 3.8) is 0 Å². The third-order valence-corrected chi connectivity index (χ3v) is 4.49. The van der Waals surface area contributed by atoms with Crippen LogP contribution in [-0.2, 0) is 4.74 Å². The molecule has 7 N–H and O–H groups in total. The maximum atomic E-state index is 12.2. The van der Waals surface area contributed by atoms with Gasteiger partial charge in [0.1, 0.15) is 23.2 Å². The number of H-pyrrole nitrogens is 1. The van der Waals surface area contributed by atoms with Crippen molar-refractivity contribution >= 4 is 35.2 Å². The summed E-state index contributed by atoms with van der Waals surface area (Å²) in [5, 5.41) is 44.3. The summed E-state index contributed by atoms with van der Waals surface area (Å²) in [7, 11) is 0. The molecule has 164 valence electrons. The molecule has 0 unspecified atom stereocenters. The molecular weight excluding hydrogens is 420 g/mol. The number of aliphatic hydroxyl groups is 3. The number of nitrogen functional groups attached to an aromatic ring is 1. The third kappa shape index (κ3) is 3.59. The predicted octanol–water partition coefficient (Wildman–Crippen LogP) is -1.74. The van der Waals surface area contributed by atoms with E-state index in [0.29, 0.717) is 0 Å². The Bertz CT molecular complexity index is 1220. The van der Waals surface area contributed by atoms with Gasteiger partial charge in [-0.3, -0.25) is 24.5 Å². The quantitative estimate of drug-likeness (QED) is 0.143. The number of aliphatic hydroxyl groups excluding tert-OH is 3. The van der Waals surface area contributed by atoms with Crippen molar-refractivity contribution in [2.75, 3.05) is 17.8 Å². The van der Waals surface area contributed by atoms with Crippen molar-refractivity contribution in [3.8, 4) is 0 Å². The van der Waals surface area contributed by atoms with Gasteiger partial charge in [0, 0.05) is 0 Å². The number of furan rings is 1. The fraction of sp³-hybridized carbons (Fsp3) is 0.333. The molecule has 0 aliphatic carbocycles. The van der Waals surface area contributed by atoms with E-state index in [4.69, 9.17) is 14.9 Å². The minimum absolute atomic E-state index is 0.0509. The van der Waals surface area contributed by atoms with Crippen LogP contribution in [0.5, 0.6) is 0 Å². The van der Waals surface area contributed by atoms with Gasteiger partial charge in [0.2, 0.25) is 11.9 Å². The van der Waals surface area contributed by atoms with Crippen molar-refractivity contribution in [3.05, 3.63) is 38.4 Å². The Labute approximate surface area is 170 Å². The minimum Gasteiger partial charge on any atom is -0.400 e. The number of fused-ring (bicyclic) bond motifs is 1. The lowest BCUT2D eigenvalue weighted by Gasteiger charge is -2.18. The van der Waals surface area contributed by atoms with Gasteiger partial charge in [-0.05, 0) is 6.07 Å². The first-order valence-electron chi connectivity index (χ1n) is 8.73. The fourth-order valence-electron chi connectivity index (χ4n) is 3.08. The lowest BCUT2D eigenvalue weighted by atomic mass is 10.1. The zero-order chi connectivity index (χ0) is 22.3. The first-order chi connectivity index (χ1) is 14.8. The molecule has 0 bridgehead atoms. The molecule has 0 aromatic carbocycles. The molecule has 0 amide bonds. The minimum atomic E-state index is -1.51. The zero-order valence-corrected chi connectivity index (χ0v) is 15.4. The van der Waals surface area contributed by atoms with E-state index < -0.39 is 47.5 Å². The molecule has 4 rings (SSSR count). The standard InChI is InChI=1S/C15H16N8O8/c16-14-19-11-8(12(27)20-14)18-15(21-17-3-5-1-2-7(30-5)23(28)29)22(11)13-10(26)9(25)6(4-24)31-13/h1-3,6,9-10,13,24-26H,4H2,(H,18,21)(H3,16,19,20,27)/b17-3-/t6-,9-,10-,13-/m1/s1. The third-order valence-electron chi connectivity index (χ3n) is 4.49. The highest BCUT2D eigenvalue weighted by Crippen LogP contribution is 2.33. The molecule has 3 aromatic heterocycles. The molecule has 1 aliphatic rings. The van der Waals surface area contributed by atoms with Crippen LogP contribution in [0.15, 0.2) is 26.4 Å². The van der Waals surface area contributed by atoms with E-state index in [1.807, 2.05) is 0 Å². The van der Waals surface area contributed by atoms with Crippen LogP contribution < -0.4 is 16.7 Å². The number of nitrogens with one attached hydrogen (secondary N) is 2. The first kappa shape index (κ1) is 20.4. The SMILES string of the molecule is Nc1nc2c(nc(N/N=C\c3ccc([N+](=O)[O-])o3)n2[C@@H]2O[C@H](CO)[C@@H](O)[C@H]2O)c(=O)[nH]1. The molecule has 16 heteroatoms. The smallest absolute Gasteiger partial charge is 0.400 e. The molecule has 1 saturated heterocycles. The van der Waals surface area contributed by atoms with Crippen molar-refractivity contribution in [2.45, 2.75) is 24.5 Å². The molecule has 4 heterocycles. The molecule has 0 saturated carbocycles. The van der Waals surface area contributed by atoms with E-state index >= 15 is 0 Å². The summed E-state index contributed by atoms with van der Waals surface area (Å²) in [5.74, 6) is -0.796. The first-order valence-corrected chi connectivity index (χ1v) is 8.73. The van der Waals surface area contributed by atoms with E-state index in [1.165, 1.54) is 6.07 Å². The average molecular weight is 436 g/mol. The number of aromatic amines is 1. The predicted molar refractivity (Wildman–Crippen MR) is 102 cm³/mol. The Kier molecular flexibility index (Phi) is 5.11. The summed E-state index contributed by atoms with van der Waals surface area (Å²) >= 11 is 0. The maximum Gasteiger partial charge on any atom is 0.433 e. The van der Waals surface area contributed by atoms with Crippen molar-refractivity contribution in [1.29, 1.82) is 0 Å². The number of rotatable bonds is 6. The van der Waals surface area contributed by atoms with Crippen LogP contribution in [0.25, 0.3) is 11.2 Å². The van der Waals surface area contributed by atoms with Gasteiger partial charge in [0.25, 0.3) is 5.56 Å². The fourth-order valence-corrected chi connectivity index (χ4v) is 3.08. The number of hydrogen-bond donors (Lipinski definition) is 6. The molecule has 4 atom stereocenters. The van der Waals surface area contributed by atoms with Crippen LogP contribution >= 0.6 is 0 Å². The molecule has 0 spiro atoms. The van der Waals surface area contributed by atoms with Gasteiger partial charge in [-0.1, -0.05) is 0 Å². The van der Waals surface area contributed by atoms with Crippen molar-refractivity contribution < 1.29 is 29.4 Å². The summed E-state index contributed by atoms with van der Waals surface area (Å²) in [6.45, 7) is -0.574. The second-order valence-electron chi connectivity index (χ2n) is 6.46. The van der Waals surface area contributed by atoms with Crippen molar-refractivity contribution in [2.24, 2.45) is 5.10 Å². The number of nitrogens with two attached hydrogens (primary N) is 1. The number of aromatic nitrogens is 4. The van der Waals surface area contributed by atoms with E-state index in [2.05, 4.69) is 25.5 Å². The maximum absolute atomic E-state index is 12.2. The second kappa shape index (κ2) is 7.76. The topological polar surface area (TPSA) is 240 Å². The zero-order valence-electron chi connectivity index (χ0n) is 15.4. The van der Waals surface area contributed by atoms with Gasteiger partial charge >= 0.3 is 5.88 Å². The van der Waals surface area contributed by atoms with Crippen LogP contribution in [0.3, 0.4) is 0 Å². The van der Waals surface area contributed by atoms with Gasteiger partial charge in [-0.2, -0.15) is 10.1 Å². The highest BCUT2D eigenvalue weighted by Gasteiger charge is 2.45. The number of anilines is 2. The van der Waals surface area contributed by atoms with Gasteiger partial charge in [-0.25, -0.2) is 10.4 Å². The highest BCUT2D eigenvalue weighted by molar-refractivity contribution is 5.78. The molecule has 16 nitrogen and oxygen atoms in total. The van der Waals surface area contributed by atoms with Gasteiger partial charge in [-0.15, -0.1) is 0 Å². The Balaban J connectivity index is 1.73. The van der Waals surface area contributed by atoms with Crippen LogP contribution in [0, 0.1) is 10.1 Å². The van der Waals surface area contributed by atoms with E-state index in [9.17, 15) is 30.2 Å². The lowest BCUT2D eigenvalue weighted by Crippen LogP contribution is -2.33. The number of hydrazone groups is 1. The summed E-state index contributed by atoms with van der Waals surface area (Å²) in [5.41, 5.74) is 7.18. The number of nitro groups is 1. The van der Waals surface area contributed by atoms with Crippen LogP contribution in [0.4, 0.5) is 17.8 Å². The summed E-state index contributed by atoms with van der Waals surface area (Å²) in [4.78, 5) is 32.5. The molecule has 0 radical (unpaired) electrons. The number of hydrogen-bond acceptors (Lipinski definition) is 13. The summed E-state index contributed by atoms with van der Waals surface area (Å²) in [6.07, 6.45) is -4.22. The Morgan fingerprint density at radius 1 is 1.39 bits per heavy atom. The van der Waals surface area contributed by atoms with Gasteiger partial charge < -0.3 is 30.2 Å². The van der Waals surface area contributed by atoms with Crippen molar-refractivity contribution in [1.82, 2.24) is 19.5 Å². The number of imidazole rings is 1. The van der Waals surface area contributed by atoms with E-state index in [0.717, 1.165) is 16.8 Å². The van der Waals surface area contributed by atoms with E-state index in [1.54, 1.807) is 0 Å². The van der Waals surface area contributed by atoms with Gasteiger partial charge in [0.15, 0.2) is 23.2 Å². The van der Waals surface area contributed by atoms with Crippen LogP contribution in [0.2, 0.25) is 0 Å².